The zero-order chi connectivity index (χ0) is 9.10. The molecule has 0 amide bonds. The first kappa shape index (κ1) is 8.51. The van der Waals surface area contributed by atoms with Crippen molar-refractivity contribution in [2.75, 3.05) is 13.1 Å². The van der Waals surface area contributed by atoms with Crippen LogP contribution in [0.4, 0.5) is 0 Å². The van der Waals surface area contributed by atoms with E-state index in [4.69, 9.17) is 0 Å². The van der Waals surface area contributed by atoms with E-state index in [0.29, 0.717) is 0 Å². The van der Waals surface area contributed by atoms with Gasteiger partial charge in [0, 0.05) is 31.1 Å². The minimum atomic E-state index is 0.0841. The lowest BCUT2D eigenvalue weighted by atomic mass is 10.1. The van der Waals surface area contributed by atoms with Gasteiger partial charge in [0.15, 0.2) is 5.43 Å². The Kier molecular flexibility index (Phi) is 2.45. The van der Waals surface area contributed by atoms with E-state index >= 15 is 0 Å². The Morgan fingerprint density at radius 2 is 2.23 bits per heavy atom. The molecule has 70 valence electrons. The second kappa shape index (κ2) is 3.75. The molecule has 2 rings (SSSR count). The summed E-state index contributed by atoms with van der Waals surface area (Å²) < 4.78 is 2.08. The van der Waals surface area contributed by atoms with Crippen LogP contribution in [0.3, 0.4) is 0 Å². The van der Waals surface area contributed by atoms with Gasteiger partial charge in [-0.25, -0.2) is 0 Å². The summed E-state index contributed by atoms with van der Waals surface area (Å²) in [4.78, 5) is 10.8. The molecule has 1 aliphatic heterocycles. The van der Waals surface area contributed by atoms with Crippen LogP contribution in [0, 0.1) is 5.92 Å². The van der Waals surface area contributed by atoms with Crippen LogP contribution in [0.1, 0.15) is 6.42 Å². The third kappa shape index (κ3) is 2.18. The van der Waals surface area contributed by atoms with Gasteiger partial charge < -0.3 is 9.88 Å². The van der Waals surface area contributed by atoms with E-state index in [9.17, 15) is 4.79 Å². The zero-order valence-corrected chi connectivity index (χ0v) is 7.57. The fourth-order valence-corrected chi connectivity index (χ4v) is 1.73. The molecule has 0 bridgehead atoms. The standard InChI is InChI=1S/C10H14N2O/c13-10-2-5-12(6-3-10)8-9-1-4-11-7-9/h2-3,5-6,9,11H,1,4,7-8H2. The molecule has 0 aliphatic carbocycles. The van der Waals surface area contributed by atoms with Crippen LogP contribution in [0.25, 0.3) is 0 Å². The molecule has 1 N–H and O–H groups in total. The molecule has 1 atom stereocenters. The van der Waals surface area contributed by atoms with Crippen molar-refractivity contribution in [3.63, 3.8) is 0 Å². The summed E-state index contributed by atoms with van der Waals surface area (Å²) in [6.07, 6.45) is 4.97. The molecular formula is C10H14N2O. The monoisotopic (exact) mass is 178 g/mol. The molecule has 0 aromatic carbocycles. The van der Waals surface area contributed by atoms with E-state index in [2.05, 4.69) is 9.88 Å². The van der Waals surface area contributed by atoms with E-state index in [1.165, 1.54) is 6.42 Å². The topological polar surface area (TPSA) is 34.0 Å². The minimum absolute atomic E-state index is 0.0841. The molecule has 0 radical (unpaired) electrons. The van der Waals surface area contributed by atoms with Gasteiger partial charge in [0.05, 0.1) is 0 Å². The molecule has 1 aliphatic rings. The minimum Gasteiger partial charge on any atom is -0.354 e. The Hall–Kier alpha value is -1.09. The zero-order valence-electron chi connectivity index (χ0n) is 7.57. The van der Waals surface area contributed by atoms with Crippen molar-refractivity contribution >= 4 is 0 Å². The molecule has 13 heavy (non-hydrogen) atoms. The van der Waals surface area contributed by atoms with Crippen LogP contribution in [0.2, 0.25) is 0 Å². The highest BCUT2D eigenvalue weighted by Gasteiger charge is 2.13. The summed E-state index contributed by atoms with van der Waals surface area (Å²) in [6.45, 7) is 3.25. The van der Waals surface area contributed by atoms with Gasteiger partial charge in [-0.05, 0) is 25.4 Å². The van der Waals surface area contributed by atoms with Crippen molar-refractivity contribution < 1.29 is 0 Å². The maximum atomic E-state index is 10.8. The molecule has 1 fully saturated rings. The van der Waals surface area contributed by atoms with E-state index in [1.807, 2.05) is 12.4 Å². The van der Waals surface area contributed by atoms with Crippen LogP contribution < -0.4 is 10.7 Å². The number of nitrogens with one attached hydrogen (secondary N) is 1. The predicted octanol–water partition coefficient (Wildman–Crippen LogP) is 0.458. The molecule has 0 saturated carbocycles. The van der Waals surface area contributed by atoms with Gasteiger partial charge in [-0.1, -0.05) is 0 Å². The smallest absolute Gasteiger partial charge is 0.181 e. The van der Waals surface area contributed by atoms with Gasteiger partial charge in [0.25, 0.3) is 0 Å². The van der Waals surface area contributed by atoms with Crippen LogP contribution in [0.5, 0.6) is 0 Å². The van der Waals surface area contributed by atoms with Gasteiger partial charge in [-0.2, -0.15) is 0 Å². The quantitative estimate of drug-likeness (QED) is 0.713. The second-order valence-corrected chi connectivity index (χ2v) is 3.59. The lowest BCUT2D eigenvalue weighted by Crippen LogP contribution is -2.15. The lowest BCUT2D eigenvalue weighted by molar-refractivity contribution is 0.479. The van der Waals surface area contributed by atoms with E-state index in [0.717, 1.165) is 25.6 Å². The largest absolute Gasteiger partial charge is 0.354 e. The molecule has 1 unspecified atom stereocenters. The van der Waals surface area contributed by atoms with Crippen molar-refractivity contribution in [3.8, 4) is 0 Å². The molecule has 3 nitrogen and oxygen atoms in total. The Labute approximate surface area is 77.4 Å². The fraction of sp³-hybridized carbons (Fsp3) is 0.500. The lowest BCUT2D eigenvalue weighted by Gasteiger charge is -2.10. The van der Waals surface area contributed by atoms with E-state index in [1.54, 1.807) is 12.1 Å². The number of hydrogen-bond acceptors (Lipinski definition) is 2. The third-order valence-electron chi connectivity index (χ3n) is 2.49. The number of aromatic nitrogens is 1. The summed E-state index contributed by atoms with van der Waals surface area (Å²) in [7, 11) is 0. The van der Waals surface area contributed by atoms with Crippen molar-refractivity contribution in [2.45, 2.75) is 13.0 Å². The Bertz CT molecular complexity index is 305. The SMILES string of the molecule is O=c1ccn(CC2CCNC2)cc1. The summed E-state index contributed by atoms with van der Waals surface area (Å²) in [5.41, 5.74) is 0.0841. The molecule has 1 aromatic heterocycles. The van der Waals surface area contributed by atoms with Crippen molar-refractivity contribution in [1.82, 2.24) is 9.88 Å². The van der Waals surface area contributed by atoms with Gasteiger partial charge in [0.1, 0.15) is 0 Å². The molecule has 2 heterocycles. The van der Waals surface area contributed by atoms with Gasteiger partial charge >= 0.3 is 0 Å². The second-order valence-electron chi connectivity index (χ2n) is 3.59. The molecule has 1 aromatic rings. The van der Waals surface area contributed by atoms with E-state index < -0.39 is 0 Å². The fourth-order valence-electron chi connectivity index (χ4n) is 1.73. The highest BCUT2D eigenvalue weighted by atomic mass is 16.1. The highest BCUT2D eigenvalue weighted by molar-refractivity contribution is 4.94. The first-order valence-corrected chi connectivity index (χ1v) is 4.71. The number of pyridine rings is 1. The molecular weight excluding hydrogens is 164 g/mol. The van der Waals surface area contributed by atoms with Gasteiger partial charge in [-0.15, -0.1) is 0 Å². The van der Waals surface area contributed by atoms with E-state index in [-0.39, 0.29) is 5.43 Å². The molecule has 1 saturated heterocycles. The maximum absolute atomic E-state index is 10.8. The molecule has 0 spiro atoms. The first-order valence-electron chi connectivity index (χ1n) is 4.71. The van der Waals surface area contributed by atoms with Crippen LogP contribution >= 0.6 is 0 Å². The molecule has 3 heteroatoms. The van der Waals surface area contributed by atoms with Gasteiger partial charge in [0.2, 0.25) is 0 Å². The first-order chi connectivity index (χ1) is 6.34. The van der Waals surface area contributed by atoms with Crippen LogP contribution in [-0.4, -0.2) is 17.7 Å². The van der Waals surface area contributed by atoms with Crippen molar-refractivity contribution in [1.29, 1.82) is 0 Å². The van der Waals surface area contributed by atoms with Crippen LogP contribution in [0.15, 0.2) is 29.3 Å². The maximum Gasteiger partial charge on any atom is 0.181 e. The van der Waals surface area contributed by atoms with Crippen LogP contribution in [-0.2, 0) is 6.54 Å². The van der Waals surface area contributed by atoms with Crippen molar-refractivity contribution in [2.24, 2.45) is 5.92 Å². The normalized spacial score (nSPS) is 22.0. The average molecular weight is 178 g/mol. The number of nitrogens with zero attached hydrogens (tertiary/aromatic N) is 1. The number of hydrogen-bond donors (Lipinski definition) is 1. The van der Waals surface area contributed by atoms with Crippen molar-refractivity contribution in [3.05, 3.63) is 34.7 Å². The summed E-state index contributed by atoms with van der Waals surface area (Å²) >= 11 is 0. The average Bonchev–Trinajstić information content (AvgIpc) is 2.62. The summed E-state index contributed by atoms with van der Waals surface area (Å²) in [5.74, 6) is 0.725. The predicted molar refractivity (Wildman–Crippen MR) is 51.7 cm³/mol. The Morgan fingerprint density at radius 3 is 2.85 bits per heavy atom. The summed E-state index contributed by atoms with van der Waals surface area (Å²) in [5, 5.41) is 3.33. The Morgan fingerprint density at radius 1 is 1.46 bits per heavy atom. The summed E-state index contributed by atoms with van der Waals surface area (Å²) in [6, 6.07) is 3.23. The highest BCUT2D eigenvalue weighted by Crippen LogP contribution is 2.09. The third-order valence-corrected chi connectivity index (χ3v) is 2.49. The Balaban J connectivity index is 2.00. The van der Waals surface area contributed by atoms with Gasteiger partial charge in [-0.3, -0.25) is 4.79 Å². The number of rotatable bonds is 2.